The van der Waals surface area contributed by atoms with Gasteiger partial charge in [0.05, 0.1) is 17.8 Å². The Morgan fingerprint density at radius 1 is 1.50 bits per heavy atom. The number of carbonyl (C=O) groups is 1. The molecule has 0 aliphatic carbocycles. The molecular weight excluding hydrogens is 279 g/mol. The fraction of sp³-hybridized carbons (Fsp3) is 0.200. The standard InChI is InChI=1S/C10H12Cl2N4O2/c1-15-10(17)16(9(13)14)8-5(11)3-4-6(18-2)7(8)12/h3-4H,1-2H3,(H3,13,14)(H,15,17). The highest BCUT2D eigenvalue weighted by atomic mass is 35.5. The highest BCUT2D eigenvalue weighted by molar-refractivity contribution is 6.42. The van der Waals surface area contributed by atoms with Crippen molar-refractivity contribution in [1.29, 1.82) is 5.41 Å². The Kier molecular flexibility index (Phi) is 4.63. The zero-order chi connectivity index (χ0) is 13.9. The van der Waals surface area contributed by atoms with Crippen LogP contribution in [-0.2, 0) is 0 Å². The molecule has 0 saturated heterocycles. The molecule has 0 aliphatic rings. The van der Waals surface area contributed by atoms with Crippen molar-refractivity contribution in [1.82, 2.24) is 5.32 Å². The Morgan fingerprint density at radius 2 is 2.11 bits per heavy atom. The zero-order valence-electron chi connectivity index (χ0n) is 9.75. The molecule has 18 heavy (non-hydrogen) atoms. The molecule has 0 bridgehead atoms. The Hall–Kier alpha value is -1.66. The summed E-state index contributed by atoms with van der Waals surface area (Å²) in [6, 6.07) is 2.43. The third kappa shape index (κ3) is 2.60. The molecule has 98 valence electrons. The van der Waals surface area contributed by atoms with Crippen LogP contribution in [0, 0.1) is 5.41 Å². The molecule has 2 amide bonds. The normalized spacial score (nSPS) is 9.78. The number of rotatable bonds is 2. The van der Waals surface area contributed by atoms with Crippen LogP contribution >= 0.6 is 23.2 Å². The van der Waals surface area contributed by atoms with E-state index >= 15 is 0 Å². The van der Waals surface area contributed by atoms with Crippen molar-refractivity contribution in [3.05, 3.63) is 22.2 Å². The quantitative estimate of drug-likeness (QED) is 0.575. The van der Waals surface area contributed by atoms with Crippen molar-refractivity contribution in [3.8, 4) is 5.75 Å². The lowest BCUT2D eigenvalue weighted by Crippen LogP contribution is -2.46. The summed E-state index contributed by atoms with van der Waals surface area (Å²) < 4.78 is 5.02. The van der Waals surface area contributed by atoms with E-state index < -0.39 is 12.0 Å². The molecule has 0 atom stereocenters. The number of anilines is 1. The topological polar surface area (TPSA) is 91.4 Å². The molecule has 0 unspecified atom stereocenters. The number of nitrogens with two attached hydrogens (primary N) is 1. The van der Waals surface area contributed by atoms with Crippen molar-refractivity contribution in [2.75, 3.05) is 19.1 Å². The van der Waals surface area contributed by atoms with Gasteiger partial charge in [-0.1, -0.05) is 23.2 Å². The number of nitrogens with zero attached hydrogens (tertiary/aromatic N) is 1. The van der Waals surface area contributed by atoms with Crippen molar-refractivity contribution >= 4 is 40.9 Å². The van der Waals surface area contributed by atoms with E-state index in [9.17, 15) is 4.79 Å². The average molecular weight is 291 g/mol. The van der Waals surface area contributed by atoms with Crippen molar-refractivity contribution < 1.29 is 9.53 Å². The van der Waals surface area contributed by atoms with Gasteiger partial charge in [0.25, 0.3) is 0 Å². The number of ether oxygens (including phenoxy) is 1. The molecule has 0 spiro atoms. The third-order valence-electron chi connectivity index (χ3n) is 2.13. The molecule has 1 rings (SSSR count). The van der Waals surface area contributed by atoms with Crippen LogP contribution in [0.5, 0.6) is 5.75 Å². The Balaban J connectivity index is 3.45. The van der Waals surface area contributed by atoms with Crippen LogP contribution in [0.15, 0.2) is 12.1 Å². The number of nitrogens with one attached hydrogen (secondary N) is 2. The van der Waals surface area contributed by atoms with Crippen LogP contribution in [0.4, 0.5) is 10.5 Å². The minimum absolute atomic E-state index is 0.101. The fourth-order valence-electron chi connectivity index (χ4n) is 1.33. The smallest absolute Gasteiger partial charge is 0.328 e. The van der Waals surface area contributed by atoms with E-state index in [0.29, 0.717) is 5.75 Å². The van der Waals surface area contributed by atoms with E-state index in [4.69, 9.17) is 39.1 Å². The predicted octanol–water partition coefficient (Wildman–Crippen LogP) is 2.04. The fourth-order valence-corrected chi connectivity index (χ4v) is 1.95. The van der Waals surface area contributed by atoms with Gasteiger partial charge in [-0.25, -0.2) is 9.69 Å². The van der Waals surface area contributed by atoms with Crippen LogP contribution in [-0.4, -0.2) is 26.1 Å². The maximum absolute atomic E-state index is 11.7. The molecule has 1 aromatic carbocycles. The van der Waals surface area contributed by atoms with Crippen LogP contribution in [0.2, 0.25) is 10.0 Å². The van der Waals surface area contributed by atoms with Gasteiger partial charge < -0.3 is 15.8 Å². The number of hydrogen-bond acceptors (Lipinski definition) is 3. The summed E-state index contributed by atoms with van der Waals surface area (Å²) in [5, 5.41) is 10.1. The summed E-state index contributed by atoms with van der Waals surface area (Å²) >= 11 is 12.1. The van der Waals surface area contributed by atoms with Gasteiger partial charge in [0.2, 0.25) is 5.96 Å². The van der Waals surface area contributed by atoms with Crippen molar-refractivity contribution in [2.45, 2.75) is 0 Å². The van der Waals surface area contributed by atoms with E-state index in [0.717, 1.165) is 4.90 Å². The number of amides is 2. The lowest BCUT2D eigenvalue weighted by molar-refractivity contribution is 0.251. The largest absolute Gasteiger partial charge is 0.495 e. The van der Waals surface area contributed by atoms with Gasteiger partial charge in [-0.05, 0) is 12.1 Å². The Bertz CT molecular complexity index is 493. The number of urea groups is 1. The third-order valence-corrected chi connectivity index (χ3v) is 2.80. The molecule has 8 heteroatoms. The molecule has 0 aliphatic heterocycles. The molecule has 0 heterocycles. The Morgan fingerprint density at radius 3 is 2.56 bits per heavy atom. The SMILES string of the molecule is CNC(=O)N(C(=N)N)c1c(Cl)ccc(OC)c1Cl. The lowest BCUT2D eigenvalue weighted by atomic mass is 10.2. The van der Waals surface area contributed by atoms with E-state index in [1.807, 2.05) is 0 Å². The molecule has 0 fully saturated rings. The van der Waals surface area contributed by atoms with Crippen LogP contribution in [0.3, 0.4) is 0 Å². The molecule has 4 N–H and O–H groups in total. The number of benzene rings is 1. The second-order valence-corrected chi connectivity index (χ2v) is 3.97. The summed E-state index contributed by atoms with van der Waals surface area (Å²) in [5.41, 5.74) is 5.47. The number of carbonyl (C=O) groups excluding carboxylic acids is 1. The summed E-state index contributed by atoms with van der Waals surface area (Å²) in [6.07, 6.45) is 0. The van der Waals surface area contributed by atoms with E-state index in [1.54, 1.807) is 6.07 Å². The van der Waals surface area contributed by atoms with Crippen LogP contribution in [0.1, 0.15) is 0 Å². The van der Waals surface area contributed by atoms with Gasteiger partial charge >= 0.3 is 6.03 Å². The maximum Gasteiger partial charge on any atom is 0.328 e. The summed E-state index contributed by atoms with van der Waals surface area (Å²) in [6.45, 7) is 0. The number of methoxy groups -OCH3 is 1. The summed E-state index contributed by atoms with van der Waals surface area (Å²) in [5.74, 6) is -0.183. The van der Waals surface area contributed by atoms with E-state index in [-0.39, 0.29) is 15.7 Å². The van der Waals surface area contributed by atoms with Gasteiger partial charge in [-0.3, -0.25) is 5.41 Å². The number of hydrogen-bond donors (Lipinski definition) is 3. The van der Waals surface area contributed by atoms with Gasteiger partial charge in [-0.15, -0.1) is 0 Å². The van der Waals surface area contributed by atoms with E-state index in [2.05, 4.69) is 5.32 Å². The molecule has 0 radical (unpaired) electrons. The first-order valence-electron chi connectivity index (χ1n) is 4.81. The first kappa shape index (κ1) is 14.4. The summed E-state index contributed by atoms with van der Waals surface area (Å²) in [4.78, 5) is 12.5. The number of halogens is 2. The predicted molar refractivity (Wildman–Crippen MR) is 71.9 cm³/mol. The average Bonchev–Trinajstić information content (AvgIpc) is 2.33. The molecular formula is C10H12Cl2N4O2. The van der Waals surface area contributed by atoms with Gasteiger partial charge in [0.15, 0.2) is 0 Å². The second-order valence-electron chi connectivity index (χ2n) is 3.19. The highest BCUT2D eigenvalue weighted by Crippen LogP contribution is 2.40. The van der Waals surface area contributed by atoms with Crippen molar-refractivity contribution in [3.63, 3.8) is 0 Å². The van der Waals surface area contributed by atoms with E-state index in [1.165, 1.54) is 20.2 Å². The first-order chi connectivity index (χ1) is 8.43. The summed E-state index contributed by atoms with van der Waals surface area (Å²) in [7, 11) is 2.83. The van der Waals surface area contributed by atoms with Gasteiger partial charge in [0, 0.05) is 7.05 Å². The number of guanidine groups is 1. The van der Waals surface area contributed by atoms with Crippen LogP contribution in [0.25, 0.3) is 0 Å². The van der Waals surface area contributed by atoms with Crippen molar-refractivity contribution in [2.24, 2.45) is 5.73 Å². The first-order valence-corrected chi connectivity index (χ1v) is 5.57. The Labute approximate surface area is 114 Å². The molecule has 6 nitrogen and oxygen atoms in total. The van der Waals surface area contributed by atoms with Crippen LogP contribution < -0.4 is 20.7 Å². The minimum Gasteiger partial charge on any atom is -0.495 e. The molecule has 0 saturated carbocycles. The monoisotopic (exact) mass is 290 g/mol. The lowest BCUT2D eigenvalue weighted by Gasteiger charge is -2.23. The highest BCUT2D eigenvalue weighted by Gasteiger charge is 2.25. The minimum atomic E-state index is -0.625. The van der Waals surface area contributed by atoms with Gasteiger partial charge in [-0.2, -0.15) is 0 Å². The zero-order valence-corrected chi connectivity index (χ0v) is 11.3. The second kappa shape index (κ2) is 5.79. The maximum atomic E-state index is 11.7. The van der Waals surface area contributed by atoms with Gasteiger partial charge in [0.1, 0.15) is 10.8 Å². The molecule has 0 aromatic heterocycles. The molecule has 1 aromatic rings.